The van der Waals surface area contributed by atoms with Gasteiger partial charge in [-0.1, -0.05) is 0 Å². The van der Waals surface area contributed by atoms with Crippen LogP contribution < -0.4 is 0 Å². The van der Waals surface area contributed by atoms with Crippen molar-refractivity contribution in [3.8, 4) is 0 Å². The molecule has 0 aliphatic carbocycles. The molecule has 0 nitrogen and oxygen atoms in total. The second-order valence-electron chi connectivity index (χ2n) is 2.53. The third-order valence-corrected chi connectivity index (χ3v) is 2.44. The molecule has 0 heterocycles. The zero-order valence-electron chi connectivity index (χ0n) is 6.48. The summed E-state index contributed by atoms with van der Waals surface area (Å²) in [5.74, 6) is 0. The molecule has 10 heavy (non-hydrogen) atoms. The molecule has 0 aromatic heterocycles. The SMILES string of the molecule is FCCCCCCC[CH2][Sb]. The first kappa shape index (κ1) is 10.7. The topological polar surface area (TPSA) is 0 Å². The minimum atomic E-state index is -0.129. The van der Waals surface area contributed by atoms with Gasteiger partial charge >= 0.3 is 77.0 Å². The Balaban J connectivity index is 2.65. The van der Waals surface area contributed by atoms with Gasteiger partial charge in [0.2, 0.25) is 0 Å². The second kappa shape index (κ2) is 9.75. The number of unbranched alkanes of at least 4 members (excludes halogenated alkanes) is 5. The van der Waals surface area contributed by atoms with Gasteiger partial charge in [-0.05, 0) is 0 Å². The van der Waals surface area contributed by atoms with Gasteiger partial charge in [0.05, 0.1) is 0 Å². The molecule has 0 aromatic carbocycles. The van der Waals surface area contributed by atoms with Gasteiger partial charge in [0.15, 0.2) is 0 Å². The van der Waals surface area contributed by atoms with E-state index in [2.05, 4.69) is 0 Å². The van der Waals surface area contributed by atoms with Crippen molar-refractivity contribution in [3.05, 3.63) is 0 Å². The Labute approximate surface area is 77.1 Å². The van der Waals surface area contributed by atoms with E-state index in [-0.39, 0.29) is 6.67 Å². The molecule has 0 N–H and O–H groups in total. The fourth-order valence-electron chi connectivity index (χ4n) is 0.913. The van der Waals surface area contributed by atoms with Crippen LogP contribution in [0.25, 0.3) is 0 Å². The molecule has 0 amide bonds. The van der Waals surface area contributed by atoms with E-state index in [0.717, 1.165) is 12.8 Å². The van der Waals surface area contributed by atoms with E-state index in [1.54, 1.807) is 0 Å². The van der Waals surface area contributed by atoms with Gasteiger partial charge in [0.25, 0.3) is 0 Å². The normalized spacial score (nSPS) is 10.2. The Morgan fingerprint density at radius 1 is 0.800 bits per heavy atom. The summed E-state index contributed by atoms with van der Waals surface area (Å²) in [6.07, 6.45) is 7.11. The van der Waals surface area contributed by atoms with Gasteiger partial charge in [-0.25, -0.2) is 0 Å². The number of halogens is 1. The summed E-state index contributed by atoms with van der Waals surface area (Å²) in [4.78, 5) is 0. The second-order valence-corrected chi connectivity index (χ2v) is 3.81. The molecule has 0 aliphatic rings. The van der Waals surface area contributed by atoms with Crippen molar-refractivity contribution in [1.82, 2.24) is 0 Å². The maximum atomic E-state index is 11.6. The predicted octanol–water partition coefficient (Wildman–Crippen LogP) is 2.88. The van der Waals surface area contributed by atoms with Gasteiger partial charge < -0.3 is 0 Å². The van der Waals surface area contributed by atoms with Gasteiger partial charge in [0.1, 0.15) is 0 Å². The summed E-state index contributed by atoms with van der Waals surface area (Å²) in [6.45, 7) is -0.129. The van der Waals surface area contributed by atoms with Crippen LogP contribution in [-0.4, -0.2) is 29.7 Å². The molecule has 0 aromatic rings. The van der Waals surface area contributed by atoms with Gasteiger partial charge in [-0.2, -0.15) is 0 Å². The van der Waals surface area contributed by atoms with E-state index in [0.29, 0.717) is 0 Å². The summed E-state index contributed by atoms with van der Waals surface area (Å²) in [5, 5.41) is 0. The fraction of sp³-hybridized carbons (Fsp3) is 1.00. The minimum absolute atomic E-state index is 0.129. The van der Waals surface area contributed by atoms with Crippen LogP contribution in [0, 0.1) is 0 Å². The molecule has 0 unspecified atom stereocenters. The summed E-state index contributed by atoms with van der Waals surface area (Å²) in [5.41, 5.74) is 0. The maximum absolute atomic E-state index is 11.6. The Bertz CT molecular complexity index is 49.2. The molecular weight excluding hydrogens is 237 g/mol. The molecule has 0 spiro atoms. The zero-order chi connectivity index (χ0) is 7.66. The van der Waals surface area contributed by atoms with Crippen molar-refractivity contribution in [1.29, 1.82) is 0 Å². The van der Waals surface area contributed by atoms with Crippen molar-refractivity contribution < 1.29 is 4.39 Å². The van der Waals surface area contributed by atoms with Crippen LogP contribution in [-0.2, 0) is 0 Å². The molecule has 0 saturated heterocycles. The van der Waals surface area contributed by atoms with Crippen LogP contribution in [0.1, 0.15) is 38.5 Å². The number of alkyl halides is 1. The third-order valence-electron chi connectivity index (χ3n) is 1.54. The molecule has 0 aliphatic heterocycles. The van der Waals surface area contributed by atoms with Crippen molar-refractivity contribution in [2.75, 3.05) is 6.67 Å². The number of hydrogen-bond donors (Lipinski definition) is 0. The molecule has 0 fully saturated rings. The average Bonchev–Trinajstić information content (AvgIpc) is 1.97. The Morgan fingerprint density at radius 3 is 1.80 bits per heavy atom. The Hall–Kier alpha value is 0.748. The summed E-state index contributed by atoms with van der Waals surface area (Å²) >= 11 is 1.90. The van der Waals surface area contributed by atoms with Crippen molar-refractivity contribution >= 4 is 23.0 Å². The zero-order valence-corrected chi connectivity index (χ0v) is 9.03. The Kier molecular flexibility index (Phi) is 10.5. The molecule has 0 atom stereocenters. The van der Waals surface area contributed by atoms with E-state index in [4.69, 9.17) is 0 Å². The Morgan fingerprint density at radius 2 is 1.30 bits per heavy atom. The van der Waals surface area contributed by atoms with Gasteiger partial charge in [-0.3, -0.25) is 0 Å². The van der Waals surface area contributed by atoms with Crippen LogP contribution in [0.5, 0.6) is 0 Å². The monoisotopic (exact) mass is 252 g/mol. The first-order valence-corrected chi connectivity index (χ1v) is 5.89. The van der Waals surface area contributed by atoms with Crippen LogP contribution >= 0.6 is 0 Å². The number of hydrogen-bond acceptors (Lipinski definition) is 0. The van der Waals surface area contributed by atoms with E-state index in [1.165, 1.54) is 30.1 Å². The molecule has 2 heteroatoms. The number of rotatable bonds is 7. The van der Waals surface area contributed by atoms with E-state index in [1.807, 2.05) is 23.0 Å². The summed E-state index contributed by atoms with van der Waals surface area (Å²) in [7, 11) is 0. The van der Waals surface area contributed by atoms with Crippen LogP contribution in [0.2, 0.25) is 4.37 Å². The predicted molar refractivity (Wildman–Crippen MR) is 44.2 cm³/mol. The summed E-state index contributed by atoms with van der Waals surface area (Å²) in [6, 6.07) is 0. The standard InChI is InChI=1S/C8H16F.Sb/c1-2-3-4-5-6-7-8-9;/h1-8H2;. The summed E-state index contributed by atoms with van der Waals surface area (Å²) < 4.78 is 12.9. The van der Waals surface area contributed by atoms with Gasteiger partial charge in [-0.15, -0.1) is 0 Å². The fourth-order valence-corrected chi connectivity index (χ4v) is 1.55. The van der Waals surface area contributed by atoms with E-state index in [9.17, 15) is 4.39 Å². The average molecular weight is 253 g/mol. The van der Waals surface area contributed by atoms with Crippen LogP contribution in [0.15, 0.2) is 0 Å². The van der Waals surface area contributed by atoms with Crippen LogP contribution in [0.3, 0.4) is 0 Å². The molecule has 2 radical (unpaired) electrons. The van der Waals surface area contributed by atoms with Gasteiger partial charge in [0, 0.05) is 0 Å². The first-order valence-electron chi connectivity index (χ1n) is 4.08. The van der Waals surface area contributed by atoms with Crippen LogP contribution in [0.4, 0.5) is 4.39 Å². The van der Waals surface area contributed by atoms with Crippen molar-refractivity contribution in [2.24, 2.45) is 0 Å². The third kappa shape index (κ3) is 8.75. The molecule has 0 rings (SSSR count). The molecular formula is C8H16FSb. The van der Waals surface area contributed by atoms with Crippen molar-refractivity contribution in [2.45, 2.75) is 42.9 Å². The molecule has 0 bridgehead atoms. The van der Waals surface area contributed by atoms with E-state index >= 15 is 0 Å². The molecule has 60 valence electrons. The first-order chi connectivity index (χ1) is 4.91. The van der Waals surface area contributed by atoms with Crippen molar-refractivity contribution in [3.63, 3.8) is 0 Å². The molecule has 0 saturated carbocycles. The van der Waals surface area contributed by atoms with E-state index < -0.39 is 0 Å². The quantitative estimate of drug-likeness (QED) is 0.483.